The minimum Gasteiger partial charge on any atom is -0.325 e. The summed E-state index contributed by atoms with van der Waals surface area (Å²) in [6.45, 7) is 4.72. The van der Waals surface area contributed by atoms with E-state index in [9.17, 15) is 4.79 Å². The molecule has 106 valence electrons. The fourth-order valence-corrected chi connectivity index (χ4v) is 2.73. The highest BCUT2D eigenvalue weighted by Gasteiger charge is 2.23. The van der Waals surface area contributed by atoms with E-state index in [0.29, 0.717) is 12.1 Å². The summed E-state index contributed by atoms with van der Waals surface area (Å²) in [6, 6.07) is 9.01. The lowest BCUT2D eigenvalue weighted by Gasteiger charge is -2.15. The minimum absolute atomic E-state index is 0.0202. The molecule has 0 radical (unpaired) electrons. The molecular formula is C16H21N3O. The van der Waals surface area contributed by atoms with Crippen LogP contribution in [0.2, 0.25) is 0 Å². The first kappa shape index (κ1) is 14.5. The summed E-state index contributed by atoms with van der Waals surface area (Å²) < 4.78 is 0. The summed E-state index contributed by atoms with van der Waals surface area (Å²) in [4.78, 5) is 14.2. The van der Waals surface area contributed by atoms with Crippen molar-refractivity contribution in [2.24, 2.45) is 5.92 Å². The predicted octanol–water partition coefficient (Wildman–Crippen LogP) is 2.62. The lowest BCUT2D eigenvalue weighted by atomic mass is 10.0. The van der Waals surface area contributed by atoms with Crippen LogP contribution in [0.1, 0.15) is 31.7 Å². The van der Waals surface area contributed by atoms with Gasteiger partial charge < -0.3 is 5.32 Å². The number of carbonyl (C=O) groups is 1. The molecule has 4 heteroatoms. The summed E-state index contributed by atoms with van der Waals surface area (Å²) in [5.74, 6) is 0.773. The van der Waals surface area contributed by atoms with Crippen LogP contribution in [0.3, 0.4) is 0 Å². The number of nitriles is 1. The second-order valence-electron chi connectivity index (χ2n) is 5.42. The van der Waals surface area contributed by atoms with Crippen molar-refractivity contribution < 1.29 is 4.79 Å². The van der Waals surface area contributed by atoms with E-state index in [-0.39, 0.29) is 5.91 Å². The van der Waals surface area contributed by atoms with E-state index in [1.54, 1.807) is 24.3 Å². The summed E-state index contributed by atoms with van der Waals surface area (Å²) in [5.41, 5.74) is 1.35. The Bertz CT molecular complexity index is 489. The van der Waals surface area contributed by atoms with Gasteiger partial charge in [0.2, 0.25) is 5.91 Å². The molecule has 1 saturated heterocycles. The second kappa shape index (κ2) is 7.06. The van der Waals surface area contributed by atoms with Gasteiger partial charge in [-0.05, 0) is 49.6 Å². The Kier molecular flexibility index (Phi) is 5.14. The van der Waals surface area contributed by atoms with Crippen LogP contribution in [0.15, 0.2) is 24.3 Å². The number of rotatable bonds is 5. The molecule has 0 spiro atoms. The molecule has 1 unspecified atom stereocenters. The van der Waals surface area contributed by atoms with Gasteiger partial charge in [-0.1, -0.05) is 13.3 Å². The van der Waals surface area contributed by atoms with Gasteiger partial charge in [0.15, 0.2) is 0 Å². The zero-order chi connectivity index (χ0) is 14.4. The monoisotopic (exact) mass is 271 g/mol. The second-order valence-corrected chi connectivity index (χ2v) is 5.42. The number of benzene rings is 1. The molecule has 1 heterocycles. The summed E-state index contributed by atoms with van der Waals surface area (Å²) in [5, 5.41) is 11.6. The summed E-state index contributed by atoms with van der Waals surface area (Å²) in [7, 11) is 0. The van der Waals surface area contributed by atoms with Crippen molar-refractivity contribution in [1.82, 2.24) is 4.90 Å². The molecule has 0 saturated carbocycles. The zero-order valence-electron chi connectivity index (χ0n) is 11.9. The zero-order valence-corrected chi connectivity index (χ0v) is 11.9. The number of hydrogen-bond donors (Lipinski definition) is 1. The van der Waals surface area contributed by atoms with E-state index in [2.05, 4.69) is 23.2 Å². The number of likely N-dealkylation sites (tertiary alicyclic amines) is 1. The first-order chi connectivity index (χ1) is 9.71. The summed E-state index contributed by atoms with van der Waals surface area (Å²) in [6.07, 6.45) is 3.68. The Morgan fingerprint density at radius 3 is 2.85 bits per heavy atom. The standard InChI is InChI=1S/C16H21N3O/c1-2-3-14-8-9-19(11-14)12-16(20)18-15-6-4-13(10-17)5-7-15/h4-7,14H,2-3,8-9,11-12H2,1H3,(H,18,20). The minimum atomic E-state index is 0.0202. The molecule has 1 atom stereocenters. The molecule has 2 rings (SSSR count). The molecule has 1 aromatic carbocycles. The number of amides is 1. The molecule has 4 nitrogen and oxygen atoms in total. The maximum absolute atomic E-state index is 12.0. The van der Waals surface area contributed by atoms with Crippen LogP contribution in [-0.2, 0) is 4.79 Å². The van der Waals surface area contributed by atoms with Crippen molar-refractivity contribution in [2.45, 2.75) is 26.2 Å². The molecule has 1 aromatic rings. The maximum Gasteiger partial charge on any atom is 0.238 e. The molecule has 1 aliphatic heterocycles. The highest BCUT2D eigenvalue weighted by Crippen LogP contribution is 2.20. The van der Waals surface area contributed by atoms with E-state index in [1.165, 1.54) is 19.3 Å². The lowest BCUT2D eigenvalue weighted by molar-refractivity contribution is -0.117. The summed E-state index contributed by atoms with van der Waals surface area (Å²) >= 11 is 0. The largest absolute Gasteiger partial charge is 0.325 e. The van der Waals surface area contributed by atoms with Gasteiger partial charge in [0.05, 0.1) is 18.2 Å². The van der Waals surface area contributed by atoms with Crippen LogP contribution < -0.4 is 5.32 Å². The molecule has 1 N–H and O–H groups in total. The fraction of sp³-hybridized carbons (Fsp3) is 0.500. The molecule has 1 amide bonds. The Labute approximate surface area is 120 Å². The lowest BCUT2D eigenvalue weighted by Crippen LogP contribution is -2.31. The SMILES string of the molecule is CCCC1CCN(CC(=O)Nc2ccc(C#N)cc2)C1. The average Bonchev–Trinajstić information content (AvgIpc) is 2.87. The molecule has 0 bridgehead atoms. The van der Waals surface area contributed by atoms with Gasteiger partial charge >= 0.3 is 0 Å². The fourth-order valence-electron chi connectivity index (χ4n) is 2.73. The number of nitrogens with zero attached hydrogens (tertiary/aromatic N) is 2. The van der Waals surface area contributed by atoms with Gasteiger partial charge in [-0.15, -0.1) is 0 Å². The number of carbonyl (C=O) groups excluding carboxylic acids is 1. The van der Waals surface area contributed by atoms with Crippen LogP contribution in [-0.4, -0.2) is 30.4 Å². The van der Waals surface area contributed by atoms with Crippen molar-refractivity contribution >= 4 is 11.6 Å². The van der Waals surface area contributed by atoms with Gasteiger partial charge in [-0.25, -0.2) is 0 Å². The average molecular weight is 271 g/mol. The highest BCUT2D eigenvalue weighted by atomic mass is 16.2. The van der Waals surface area contributed by atoms with E-state index in [4.69, 9.17) is 5.26 Å². The Hall–Kier alpha value is -1.86. The molecular weight excluding hydrogens is 250 g/mol. The van der Waals surface area contributed by atoms with Crippen LogP contribution in [0.4, 0.5) is 5.69 Å². The quantitative estimate of drug-likeness (QED) is 0.895. The van der Waals surface area contributed by atoms with Crippen LogP contribution >= 0.6 is 0 Å². The van der Waals surface area contributed by atoms with E-state index >= 15 is 0 Å². The van der Waals surface area contributed by atoms with E-state index < -0.39 is 0 Å². The smallest absolute Gasteiger partial charge is 0.238 e. The van der Waals surface area contributed by atoms with Crippen LogP contribution in [0.5, 0.6) is 0 Å². The Balaban J connectivity index is 1.79. The van der Waals surface area contributed by atoms with Crippen LogP contribution in [0, 0.1) is 17.2 Å². The molecule has 1 aliphatic rings. The van der Waals surface area contributed by atoms with E-state index in [0.717, 1.165) is 24.7 Å². The van der Waals surface area contributed by atoms with Crippen molar-refractivity contribution in [1.29, 1.82) is 5.26 Å². The van der Waals surface area contributed by atoms with Crippen LogP contribution in [0.25, 0.3) is 0 Å². The van der Waals surface area contributed by atoms with Gasteiger partial charge in [0.25, 0.3) is 0 Å². The molecule has 0 aromatic heterocycles. The van der Waals surface area contributed by atoms with Crippen molar-refractivity contribution in [3.63, 3.8) is 0 Å². The van der Waals surface area contributed by atoms with Crippen molar-refractivity contribution in [3.8, 4) is 6.07 Å². The number of hydrogen-bond acceptors (Lipinski definition) is 3. The van der Waals surface area contributed by atoms with E-state index in [1.807, 2.05) is 0 Å². The Morgan fingerprint density at radius 2 is 2.20 bits per heavy atom. The topological polar surface area (TPSA) is 56.1 Å². The van der Waals surface area contributed by atoms with Gasteiger partial charge in [0.1, 0.15) is 0 Å². The maximum atomic E-state index is 12.0. The normalized spacial score (nSPS) is 18.7. The number of anilines is 1. The first-order valence-electron chi connectivity index (χ1n) is 7.23. The third-order valence-corrected chi connectivity index (χ3v) is 3.73. The van der Waals surface area contributed by atoms with Gasteiger partial charge in [0, 0.05) is 12.2 Å². The van der Waals surface area contributed by atoms with Gasteiger partial charge in [-0.3, -0.25) is 9.69 Å². The molecule has 0 aliphatic carbocycles. The highest BCUT2D eigenvalue weighted by molar-refractivity contribution is 5.92. The third-order valence-electron chi connectivity index (χ3n) is 3.73. The predicted molar refractivity (Wildman–Crippen MR) is 79.2 cm³/mol. The van der Waals surface area contributed by atoms with Crippen molar-refractivity contribution in [3.05, 3.63) is 29.8 Å². The van der Waals surface area contributed by atoms with Crippen molar-refractivity contribution in [2.75, 3.05) is 25.0 Å². The van der Waals surface area contributed by atoms with Gasteiger partial charge in [-0.2, -0.15) is 5.26 Å². The molecule has 1 fully saturated rings. The third kappa shape index (κ3) is 4.07. The number of nitrogens with one attached hydrogen (secondary N) is 1. The molecule has 20 heavy (non-hydrogen) atoms. The Morgan fingerprint density at radius 1 is 1.45 bits per heavy atom. The first-order valence-corrected chi connectivity index (χ1v) is 7.23.